The maximum Gasteiger partial charge on any atom is 0.143 e. The second-order valence-electron chi connectivity index (χ2n) is 4.32. The molecule has 1 heterocycles. The van der Waals surface area contributed by atoms with Gasteiger partial charge in [-0.2, -0.15) is 0 Å². The molecule has 17 heavy (non-hydrogen) atoms. The topological polar surface area (TPSA) is 30.7 Å². The van der Waals surface area contributed by atoms with Gasteiger partial charge < -0.3 is 4.57 Å². The monoisotopic (exact) mass is 293 g/mol. The number of benzene rings is 1. The number of halogens is 1. The van der Waals surface area contributed by atoms with Gasteiger partial charge in [0.15, 0.2) is 0 Å². The van der Waals surface area contributed by atoms with Crippen molar-refractivity contribution in [2.45, 2.75) is 25.6 Å². The van der Waals surface area contributed by atoms with Crippen LogP contribution in [-0.2, 0) is 18.8 Å². The molecule has 3 nitrogen and oxygen atoms in total. The Bertz CT molecular complexity index is 531. The van der Waals surface area contributed by atoms with Gasteiger partial charge in [-0.25, -0.2) is 0 Å². The molecule has 1 aromatic carbocycles. The van der Waals surface area contributed by atoms with E-state index in [4.69, 9.17) is 0 Å². The van der Waals surface area contributed by atoms with Crippen molar-refractivity contribution in [1.82, 2.24) is 14.8 Å². The molecule has 0 amide bonds. The van der Waals surface area contributed by atoms with E-state index in [1.54, 1.807) is 0 Å². The van der Waals surface area contributed by atoms with E-state index in [2.05, 4.69) is 58.2 Å². The number of alkyl halides is 1. The van der Waals surface area contributed by atoms with Crippen LogP contribution in [0.5, 0.6) is 0 Å². The van der Waals surface area contributed by atoms with Gasteiger partial charge in [-0.05, 0) is 30.5 Å². The smallest absolute Gasteiger partial charge is 0.143 e. The lowest BCUT2D eigenvalue weighted by atomic mass is 10.0. The third-order valence-corrected chi connectivity index (χ3v) is 3.61. The lowest BCUT2D eigenvalue weighted by Crippen LogP contribution is -2.02. The molecule has 2 aromatic rings. The number of aromatic nitrogens is 3. The van der Waals surface area contributed by atoms with Gasteiger partial charge in [-0.1, -0.05) is 34.1 Å². The van der Waals surface area contributed by atoms with E-state index in [9.17, 15) is 0 Å². The molecule has 0 atom stereocenters. The molecular weight excluding hydrogens is 278 g/mol. The first kappa shape index (κ1) is 12.3. The molecule has 0 N–H and O–H groups in total. The van der Waals surface area contributed by atoms with Crippen LogP contribution in [0.15, 0.2) is 18.2 Å². The quantitative estimate of drug-likeness (QED) is 0.815. The van der Waals surface area contributed by atoms with Gasteiger partial charge in [0.25, 0.3) is 0 Å². The van der Waals surface area contributed by atoms with E-state index in [0.29, 0.717) is 0 Å². The Morgan fingerprint density at radius 2 is 1.82 bits per heavy atom. The van der Waals surface area contributed by atoms with Crippen molar-refractivity contribution in [3.05, 3.63) is 46.5 Å². The maximum absolute atomic E-state index is 4.22. The molecular formula is C13H16BrN3. The largest absolute Gasteiger partial charge is 0.317 e. The van der Waals surface area contributed by atoms with E-state index < -0.39 is 0 Å². The average Bonchev–Trinajstić information content (AvgIpc) is 2.65. The Kier molecular flexibility index (Phi) is 3.62. The molecule has 0 aliphatic carbocycles. The average molecular weight is 294 g/mol. The van der Waals surface area contributed by atoms with Gasteiger partial charge in [0.05, 0.1) is 5.33 Å². The summed E-state index contributed by atoms with van der Waals surface area (Å²) in [6.07, 6.45) is 0.831. The minimum absolute atomic E-state index is 0.740. The van der Waals surface area contributed by atoms with Crippen LogP contribution in [0.25, 0.3) is 0 Å². The minimum atomic E-state index is 0.740. The van der Waals surface area contributed by atoms with E-state index in [1.165, 1.54) is 16.7 Å². The summed E-state index contributed by atoms with van der Waals surface area (Å²) in [6, 6.07) is 6.54. The number of hydrogen-bond acceptors (Lipinski definition) is 2. The Hall–Kier alpha value is -1.16. The zero-order valence-electron chi connectivity index (χ0n) is 10.4. The van der Waals surface area contributed by atoms with Gasteiger partial charge in [0.1, 0.15) is 11.6 Å². The van der Waals surface area contributed by atoms with Crippen LogP contribution in [0.4, 0.5) is 0 Å². The number of aryl methyl sites for hydroxylation is 2. The predicted molar refractivity (Wildman–Crippen MR) is 72.4 cm³/mol. The minimum Gasteiger partial charge on any atom is -0.317 e. The Labute approximate surface area is 110 Å². The fourth-order valence-corrected chi connectivity index (χ4v) is 2.25. The van der Waals surface area contributed by atoms with E-state index in [-0.39, 0.29) is 0 Å². The molecule has 4 heteroatoms. The third kappa shape index (κ3) is 2.57. The van der Waals surface area contributed by atoms with Crippen molar-refractivity contribution in [3.8, 4) is 0 Å². The summed E-state index contributed by atoms with van der Waals surface area (Å²) in [5, 5.41) is 9.09. The lowest BCUT2D eigenvalue weighted by molar-refractivity contribution is 0.793. The predicted octanol–water partition coefficient (Wildman–Crippen LogP) is 2.92. The standard InChI is InChI=1S/C13H16BrN3/c1-9-4-5-11(6-10(9)2)7-12-15-16-13(8-14)17(12)3/h4-6H,7-8H2,1-3H3. The van der Waals surface area contributed by atoms with Crippen LogP contribution in [0.1, 0.15) is 28.3 Å². The van der Waals surface area contributed by atoms with Crippen molar-refractivity contribution in [2.75, 3.05) is 0 Å². The molecule has 0 unspecified atom stereocenters. The molecule has 0 saturated carbocycles. The summed E-state index contributed by atoms with van der Waals surface area (Å²) >= 11 is 3.40. The summed E-state index contributed by atoms with van der Waals surface area (Å²) in [4.78, 5) is 0. The summed E-state index contributed by atoms with van der Waals surface area (Å²) in [5.41, 5.74) is 3.93. The molecule has 0 bridgehead atoms. The molecule has 0 radical (unpaired) electrons. The third-order valence-electron chi connectivity index (χ3n) is 3.11. The maximum atomic E-state index is 4.22. The Morgan fingerprint density at radius 1 is 1.12 bits per heavy atom. The van der Waals surface area contributed by atoms with Gasteiger partial charge in [0.2, 0.25) is 0 Å². The summed E-state index contributed by atoms with van der Waals surface area (Å²) in [6.45, 7) is 4.27. The highest BCUT2D eigenvalue weighted by Gasteiger charge is 2.08. The van der Waals surface area contributed by atoms with E-state index in [1.807, 2.05) is 11.6 Å². The molecule has 0 saturated heterocycles. The van der Waals surface area contributed by atoms with Gasteiger partial charge in [0, 0.05) is 13.5 Å². The lowest BCUT2D eigenvalue weighted by Gasteiger charge is -2.05. The summed E-state index contributed by atoms with van der Waals surface area (Å²) in [7, 11) is 2.01. The van der Waals surface area contributed by atoms with Crippen molar-refractivity contribution >= 4 is 15.9 Å². The second-order valence-corrected chi connectivity index (χ2v) is 4.88. The first-order valence-electron chi connectivity index (χ1n) is 5.61. The fourth-order valence-electron chi connectivity index (χ4n) is 1.76. The van der Waals surface area contributed by atoms with Crippen LogP contribution in [0, 0.1) is 13.8 Å². The highest BCUT2D eigenvalue weighted by molar-refractivity contribution is 9.08. The molecule has 0 fully saturated rings. The van der Waals surface area contributed by atoms with Gasteiger partial charge >= 0.3 is 0 Å². The number of nitrogens with zero attached hydrogens (tertiary/aromatic N) is 3. The zero-order chi connectivity index (χ0) is 12.4. The first-order valence-corrected chi connectivity index (χ1v) is 6.73. The van der Waals surface area contributed by atoms with Crippen molar-refractivity contribution in [3.63, 3.8) is 0 Å². The summed E-state index contributed by atoms with van der Waals surface area (Å²) < 4.78 is 2.05. The first-order chi connectivity index (χ1) is 8.11. The molecule has 1 aromatic heterocycles. The highest BCUT2D eigenvalue weighted by Crippen LogP contribution is 2.14. The molecule has 0 aliphatic rings. The van der Waals surface area contributed by atoms with Crippen molar-refractivity contribution in [1.29, 1.82) is 0 Å². The van der Waals surface area contributed by atoms with Gasteiger partial charge in [-0.15, -0.1) is 10.2 Å². The Balaban J connectivity index is 2.25. The van der Waals surface area contributed by atoms with Gasteiger partial charge in [-0.3, -0.25) is 0 Å². The zero-order valence-corrected chi connectivity index (χ0v) is 12.0. The highest BCUT2D eigenvalue weighted by atomic mass is 79.9. The normalized spacial score (nSPS) is 10.8. The van der Waals surface area contributed by atoms with Crippen molar-refractivity contribution in [2.24, 2.45) is 7.05 Å². The molecule has 90 valence electrons. The molecule has 0 spiro atoms. The second kappa shape index (κ2) is 5.00. The van der Waals surface area contributed by atoms with E-state index >= 15 is 0 Å². The van der Waals surface area contributed by atoms with Crippen molar-refractivity contribution < 1.29 is 0 Å². The van der Waals surface area contributed by atoms with Crippen LogP contribution >= 0.6 is 15.9 Å². The summed E-state index contributed by atoms with van der Waals surface area (Å²) in [5.74, 6) is 1.96. The Morgan fingerprint density at radius 3 is 2.41 bits per heavy atom. The SMILES string of the molecule is Cc1ccc(Cc2nnc(CBr)n2C)cc1C. The molecule has 0 aliphatic heterocycles. The molecule has 2 rings (SSSR count). The number of rotatable bonds is 3. The van der Waals surface area contributed by atoms with E-state index in [0.717, 1.165) is 23.4 Å². The van der Waals surface area contributed by atoms with Crippen LogP contribution in [-0.4, -0.2) is 14.8 Å². The number of hydrogen-bond donors (Lipinski definition) is 0. The van der Waals surface area contributed by atoms with Crippen LogP contribution in [0.2, 0.25) is 0 Å². The van der Waals surface area contributed by atoms with Crippen LogP contribution < -0.4 is 0 Å². The van der Waals surface area contributed by atoms with Crippen LogP contribution in [0.3, 0.4) is 0 Å². The fraction of sp³-hybridized carbons (Fsp3) is 0.385.